The van der Waals surface area contributed by atoms with Crippen LogP contribution in [0.2, 0.25) is 0 Å². The van der Waals surface area contributed by atoms with Crippen molar-refractivity contribution in [3.8, 4) is 0 Å². The van der Waals surface area contributed by atoms with Gasteiger partial charge in [0.25, 0.3) is 0 Å². The summed E-state index contributed by atoms with van der Waals surface area (Å²) >= 11 is 0. The van der Waals surface area contributed by atoms with Crippen molar-refractivity contribution in [2.24, 2.45) is 4.99 Å². The van der Waals surface area contributed by atoms with Gasteiger partial charge in [0.1, 0.15) is 12.2 Å². The van der Waals surface area contributed by atoms with Gasteiger partial charge in [-0.3, -0.25) is 4.99 Å². The number of aromatic nitrogens is 3. The molecule has 0 radical (unpaired) electrons. The highest BCUT2D eigenvalue weighted by Gasteiger charge is 2.06. The van der Waals surface area contributed by atoms with Crippen LogP contribution in [0.15, 0.2) is 11.3 Å². The quantitative estimate of drug-likeness (QED) is 0.261. The van der Waals surface area contributed by atoms with Crippen LogP contribution in [0.1, 0.15) is 32.5 Å². The first kappa shape index (κ1) is 22.1. The van der Waals surface area contributed by atoms with Crippen molar-refractivity contribution in [3.63, 3.8) is 0 Å². The number of halogens is 1. The monoisotopic (exact) mass is 438 g/mol. The molecule has 0 atom stereocenters. The molecule has 1 rings (SSSR count). The van der Waals surface area contributed by atoms with E-state index in [1.807, 2.05) is 0 Å². The minimum absolute atomic E-state index is 0. The smallest absolute Gasteiger partial charge is 0.193 e. The van der Waals surface area contributed by atoms with Crippen molar-refractivity contribution < 1.29 is 4.74 Å². The minimum atomic E-state index is 0. The van der Waals surface area contributed by atoms with Crippen LogP contribution in [-0.4, -0.2) is 66.0 Å². The van der Waals surface area contributed by atoms with E-state index < -0.39 is 0 Å². The van der Waals surface area contributed by atoms with Crippen molar-refractivity contribution in [2.45, 2.75) is 39.7 Å². The summed E-state index contributed by atoms with van der Waals surface area (Å²) in [5.74, 6) is 1.94. The summed E-state index contributed by atoms with van der Waals surface area (Å²) in [5.41, 5.74) is 0. The van der Waals surface area contributed by atoms with Gasteiger partial charge in [0.15, 0.2) is 5.96 Å². The largest absolute Gasteiger partial charge is 0.383 e. The SMILES string of the molecule is CCCCN(C)C(=NCCOC)NCCn1cnnc1CC.I. The predicted octanol–water partition coefficient (Wildman–Crippen LogP) is 1.78. The molecule has 7 nitrogen and oxygen atoms in total. The summed E-state index contributed by atoms with van der Waals surface area (Å²) < 4.78 is 7.15. The Morgan fingerprint density at radius 2 is 2.22 bits per heavy atom. The molecule has 23 heavy (non-hydrogen) atoms. The first-order valence-electron chi connectivity index (χ1n) is 8.07. The highest BCUT2D eigenvalue weighted by Crippen LogP contribution is 1.96. The summed E-state index contributed by atoms with van der Waals surface area (Å²) in [4.78, 5) is 6.77. The molecule has 0 amide bonds. The van der Waals surface area contributed by atoms with Gasteiger partial charge >= 0.3 is 0 Å². The van der Waals surface area contributed by atoms with Crippen molar-refractivity contribution in [2.75, 3.05) is 40.4 Å². The predicted molar refractivity (Wildman–Crippen MR) is 105 cm³/mol. The summed E-state index contributed by atoms with van der Waals surface area (Å²) in [5, 5.41) is 11.5. The van der Waals surface area contributed by atoms with Gasteiger partial charge in [0.2, 0.25) is 0 Å². The lowest BCUT2D eigenvalue weighted by Crippen LogP contribution is -2.41. The zero-order chi connectivity index (χ0) is 16.2. The summed E-state index contributed by atoms with van der Waals surface area (Å²) in [7, 11) is 3.77. The topological polar surface area (TPSA) is 67.6 Å². The number of hydrogen-bond acceptors (Lipinski definition) is 4. The minimum Gasteiger partial charge on any atom is -0.383 e. The van der Waals surface area contributed by atoms with Crippen LogP contribution in [0.4, 0.5) is 0 Å². The van der Waals surface area contributed by atoms with Gasteiger partial charge in [0, 0.05) is 40.2 Å². The highest BCUT2D eigenvalue weighted by atomic mass is 127. The number of guanidine groups is 1. The molecule has 1 aromatic rings. The van der Waals surface area contributed by atoms with E-state index >= 15 is 0 Å². The Kier molecular flexibility index (Phi) is 13.0. The maximum Gasteiger partial charge on any atom is 0.193 e. The number of aryl methyl sites for hydroxylation is 1. The van der Waals surface area contributed by atoms with Crippen LogP contribution >= 0.6 is 24.0 Å². The van der Waals surface area contributed by atoms with Crippen LogP contribution in [0.5, 0.6) is 0 Å². The van der Waals surface area contributed by atoms with E-state index in [0.29, 0.717) is 13.2 Å². The van der Waals surface area contributed by atoms with E-state index in [1.54, 1.807) is 13.4 Å². The molecule has 0 aromatic carbocycles. The molecule has 0 unspecified atom stereocenters. The summed E-state index contributed by atoms with van der Waals surface area (Å²) in [6.07, 6.45) is 5.01. The van der Waals surface area contributed by atoms with Gasteiger partial charge in [-0.15, -0.1) is 34.2 Å². The molecule has 1 aromatic heterocycles. The summed E-state index contributed by atoms with van der Waals surface area (Å²) in [6.45, 7) is 8.22. The van der Waals surface area contributed by atoms with Gasteiger partial charge in [0.05, 0.1) is 13.2 Å². The molecule has 0 aliphatic heterocycles. The van der Waals surface area contributed by atoms with Crippen molar-refractivity contribution in [1.82, 2.24) is 25.0 Å². The average Bonchev–Trinajstić information content (AvgIpc) is 2.98. The Morgan fingerprint density at radius 1 is 1.43 bits per heavy atom. The molecule has 8 heteroatoms. The zero-order valence-electron chi connectivity index (χ0n) is 14.8. The number of nitrogens with zero attached hydrogens (tertiary/aromatic N) is 5. The van der Waals surface area contributed by atoms with E-state index in [0.717, 1.165) is 44.3 Å². The lowest BCUT2D eigenvalue weighted by molar-refractivity contribution is 0.207. The van der Waals surface area contributed by atoms with Crippen LogP contribution in [-0.2, 0) is 17.7 Å². The van der Waals surface area contributed by atoms with Crippen molar-refractivity contribution in [1.29, 1.82) is 0 Å². The highest BCUT2D eigenvalue weighted by molar-refractivity contribution is 14.0. The van der Waals surface area contributed by atoms with Gasteiger partial charge in [-0.1, -0.05) is 20.3 Å². The Balaban J connectivity index is 0.00000484. The number of nitrogens with one attached hydrogen (secondary N) is 1. The van der Waals surface area contributed by atoms with E-state index in [-0.39, 0.29) is 24.0 Å². The average molecular weight is 438 g/mol. The molecule has 0 spiro atoms. The third-order valence-corrected chi connectivity index (χ3v) is 3.41. The lowest BCUT2D eigenvalue weighted by atomic mass is 10.3. The van der Waals surface area contributed by atoms with Gasteiger partial charge in [-0.05, 0) is 6.42 Å². The van der Waals surface area contributed by atoms with Crippen LogP contribution in [0.25, 0.3) is 0 Å². The fourth-order valence-corrected chi connectivity index (χ4v) is 2.08. The summed E-state index contributed by atoms with van der Waals surface area (Å²) in [6, 6.07) is 0. The van der Waals surface area contributed by atoms with Gasteiger partial charge in [-0.2, -0.15) is 0 Å². The van der Waals surface area contributed by atoms with Crippen LogP contribution < -0.4 is 5.32 Å². The molecule has 0 fully saturated rings. The second kappa shape index (κ2) is 13.5. The first-order chi connectivity index (χ1) is 10.7. The molecule has 0 aliphatic rings. The fraction of sp³-hybridized carbons (Fsp3) is 0.800. The number of ether oxygens (including phenoxy) is 1. The van der Waals surface area contributed by atoms with E-state index in [9.17, 15) is 0 Å². The molecule has 1 heterocycles. The van der Waals surface area contributed by atoms with E-state index in [2.05, 4.69) is 50.9 Å². The van der Waals surface area contributed by atoms with E-state index in [4.69, 9.17) is 4.74 Å². The van der Waals surface area contributed by atoms with Gasteiger partial charge < -0.3 is 19.5 Å². The Labute approximate surface area is 156 Å². The maximum atomic E-state index is 5.07. The third-order valence-electron chi connectivity index (χ3n) is 3.41. The molecule has 134 valence electrons. The van der Waals surface area contributed by atoms with Crippen molar-refractivity contribution >= 4 is 29.9 Å². The van der Waals surface area contributed by atoms with Crippen LogP contribution in [0, 0.1) is 0 Å². The first-order valence-corrected chi connectivity index (χ1v) is 8.07. The fourth-order valence-electron chi connectivity index (χ4n) is 2.08. The Hall–Kier alpha value is -0.900. The standard InChI is InChI=1S/C15H30N6O.HI/c1-5-7-10-20(3)15(17-9-12-22-4)16-8-11-21-13-18-19-14(21)6-2;/h13H,5-12H2,1-4H3,(H,16,17);1H. The molecule has 0 saturated carbocycles. The number of unbranched alkanes of at least 4 members (excludes halogenated alkanes) is 1. The molecular formula is C15H31IN6O. The zero-order valence-corrected chi connectivity index (χ0v) is 17.1. The molecule has 0 aliphatic carbocycles. The third kappa shape index (κ3) is 8.50. The number of aliphatic imine (C=N–C) groups is 1. The van der Waals surface area contributed by atoms with Crippen LogP contribution in [0.3, 0.4) is 0 Å². The van der Waals surface area contributed by atoms with Crippen molar-refractivity contribution in [3.05, 3.63) is 12.2 Å². The lowest BCUT2D eigenvalue weighted by Gasteiger charge is -2.22. The second-order valence-electron chi connectivity index (χ2n) is 5.19. The molecule has 0 saturated heterocycles. The number of rotatable bonds is 10. The molecular weight excluding hydrogens is 407 g/mol. The van der Waals surface area contributed by atoms with E-state index in [1.165, 1.54) is 6.42 Å². The number of methoxy groups -OCH3 is 1. The normalized spacial score (nSPS) is 11.2. The molecule has 1 N–H and O–H groups in total. The maximum absolute atomic E-state index is 5.07. The number of hydrogen-bond donors (Lipinski definition) is 1. The molecule has 0 bridgehead atoms. The second-order valence-corrected chi connectivity index (χ2v) is 5.19. The Bertz CT molecular complexity index is 437. The Morgan fingerprint density at radius 3 is 2.87 bits per heavy atom. The van der Waals surface area contributed by atoms with Gasteiger partial charge in [-0.25, -0.2) is 0 Å².